The Morgan fingerprint density at radius 3 is 2.64 bits per heavy atom. The molecule has 0 spiro atoms. The lowest BCUT2D eigenvalue weighted by atomic mass is 10.2. The van der Waals surface area contributed by atoms with Gasteiger partial charge < -0.3 is 5.32 Å². The molecule has 2 aromatic rings. The average Bonchev–Trinajstić information content (AvgIpc) is 2.56. The van der Waals surface area contributed by atoms with Gasteiger partial charge in [-0.2, -0.15) is 11.8 Å². The summed E-state index contributed by atoms with van der Waals surface area (Å²) in [5.74, 6) is 1.13. The minimum absolute atomic E-state index is 0.0589. The first-order chi connectivity index (χ1) is 10.7. The monoisotopic (exact) mass is 335 g/mol. The first-order valence-corrected chi connectivity index (χ1v) is 9.32. The zero-order valence-electron chi connectivity index (χ0n) is 12.3. The Hall–Kier alpha value is -1.46. The summed E-state index contributed by atoms with van der Waals surface area (Å²) in [6.45, 7) is 0.570. The minimum Gasteiger partial charge on any atom is -0.351 e. The lowest BCUT2D eigenvalue weighted by Crippen LogP contribution is -2.26. The molecule has 0 saturated carbocycles. The van der Waals surface area contributed by atoms with Gasteiger partial charge in [0.15, 0.2) is 0 Å². The molecule has 116 valence electrons. The maximum Gasteiger partial charge on any atom is 0.252 e. The molecule has 5 heteroatoms. The molecule has 0 aliphatic heterocycles. The molecular formula is C17H18FNOS2. The molecule has 1 amide bonds. The van der Waals surface area contributed by atoms with Gasteiger partial charge >= 0.3 is 0 Å². The van der Waals surface area contributed by atoms with Gasteiger partial charge in [0, 0.05) is 22.9 Å². The maximum atomic E-state index is 13.4. The van der Waals surface area contributed by atoms with E-state index in [1.54, 1.807) is 35.7 Å². The van der Waals surface area contributed by atoms with Crippen LogP contribution in [0.3, 0.4) is 0 Å². The highest BCUT2D eigenvalue weighted by atomic mass is 32.2. The van der Waals surface area contributed by atoms with Crippen LogP contribution in [0.5, 0.6) is 0 Å². The molecule has 2 aromatic carbocycles. The first-order valence-electron chi connectivity index (χ1n) is 6.94. The van der Waals surface area contributed by atoms with Crippen molar-refractivity contribution in [1.29, 1.82) is 0 Å². The lowest BCUT2D eigenvalue weighted by Gasteiger charge is -2.08. The second-order valence-electron chi connectivity index (χ2n) is 4.60. The van der Waals surface area contributed by atoms with E-state index < -0.39 is 0 Å². The molecule has 0 aliphatic carbocycles. The number of nitrogens with one attached hydrogen (secondary N) is 1. The van der Waals surface area contributed by atoms with Gasteiger partial charge in [-0.15, -0.1) is 11.8 Å². The number of amides is 1. The number of carbonyl (C=O) groups excluding carboxylic acids is 1. The Morgan fingerprint density at radius 2 is 1.86 bits per heavy atom. The van der Waals surface area contributed by atoms with Crippen LogP contribution in [-0.4, -0.2) is 24.5 Å². The zero-order chi connectivity index (χ0) is 15.8. The van der Waals surface area contributed by atoms with Crippen LogP contribution in [0, 0.1) is 5.82 Å². The number of rotatable bonds is 7. The Labute approximate surface area is 138 Å². The Bertz CT molecular complexity index is 634. The van der Waals surface area contributed by atoms with Crippen molar-refractivity contribution in [3.05, 3.63) is 65.5 Å². The Morgan fingerprint density at radius 1 is 1.14 bits per heavy atom. The van der Waals surface area contributed by atoms with E-state index in [1.165, 1.54) is 6.07 Å². The summed E-state index contributed by atoms with van der Waals surface area (Å²) in [6, 6.07) is 14.3. The predicted octanol–water partition coefficient (Wildman–Crippen LogP) is 4.21. The highest BCUT2D eigenvalue weighted by Crippen LogP contribution is 2.19. The Balaban J connectivity index is 1.75. The molecule has 0 bridgehead atoms. The van der Waals surface area contributed by atoms with Gasteiger partial charge in [0.05, 0.1) is 5.56 Å². The fraction of sp³-hybridized carbons (Fsp3) is 0.235. The average molecular weight is 335 g/mol. The van der Waals surface area contributed by atoms with Gasteiger partial charge in [0.1, 0.15) is 5.82 Å². The smallest absolute Gasteiger partial charge is 0.252 e. The van der Waals surface area contributed by atoms with Crippen LogP contribution in [0.25, 0.3) is 0 Å². The van der Waals surface area contributed by atoms with Crippen molar-refractivity contribution in [3.63, 3.8) is 0 Å². The van der Waals surface area contributed by atoms with Crippen molar-refractivity contribution in [2.45, 2.75) is 10.6 Å². The molecule has 2 nitrogen and oxygen atoms in total. The highest BCUT2D eigenvalue weighted by Gasteiger charge is 2.09. The molecule has 0 fully saturated rings. The number of benzene rings is 2. The third-order valence-electron chi connectivity index (χ3n) is 3.10. The third kappa shape index (κ3) is 4.78. The maximum absolute atomic E-state index is 13.4. The lowest BCUT2D eigenvalue weighted by molar-refractivity contribution is 0.0953. The van der Waals surface area contributed by atoms with Crippen LogP contribution < -0.4 is 5.32 Å². The number of thioether (sulfide) groups is 2. The van der Waals surface area contributed by atoms with Gasteiger partial charge in [-0.25, -0.2) is 4.39 Å². The van der Waals surface area contributed by atoms with Gasteiger partial charge in [-0.3, -0.25) is 4.79 Å². The van der Waals surface area contributed by atoms with E-state index >= 15 is 0 Å². The molecular weight excluding hydrogens is 317 g/mol. The van der Waals surface area contributed by atoms with E-state index in [2.05, 4.69) is 5.32 Å². The topological polar surface area (TPSA) is 29.1 Å². The van der Waals surface area contributed by atoms with Crippen LogP contribution in [-0.2, 0) is 5.75 Å². The Kier molecular flexibility index (Phi) is 6.80. The summed E-state index contributed by atoms with van der Waals surface area (Å²) in [6.07, 6.45) is 1.95. The zero-order valence-corrected chi connectivity index (χ0v) is 14.0. The molecule has 1 N–H and O–H groups in total. The number of carbonyl (C=O) groups is 1. The predicted molar refractivity (Wildman–Crippen MR) is 93.1 cm³/mol. The summed E-state index contributed by atoms with van der Waals surface area (Å²) >= 11 is 3.17. The summed E-state index contributed by atoms with van der Waals surface area (Å²) in [4.78, 5) is 13.1. The summed E-state index contributed by atoms with van der Waals surface area (Å²) < 4.78 is 13.4. The molecule has 0 aliphatic rings. The van der Waals surface area contributed by atoms with Crippen molar-refractivity contribution < 1.29 is 9.18 Å². The normalized spacial score (nSPS) is 10.5. The van der Waals surface area contributed by atoms with Gasteiger partial charge in [-0.05, 0) is 30.0 Å². The van der Waals surface area contributed by atoms with Crippen molar-refractivity contribution in [2.24, 2.45) is 0 Å². The van der Waals surface area contributed by atoms with Crippen LogP contribution in [0.4, 0.5) is 4.39 Å². The fourth-order valence-corrected chi connectivity index (χ4v) is 3.40. The van der Waals surface area contributed by atoms with E-state index in [9.17, 15) is 9.18 Å². The second-order valence-corrected chi connectivity index (χ2v) is 6.55. The van der Waals surface area contributed by atoms with E-state index in [-0.39, 0.29) is 11.7 Å². The molecule has 22 heavy (non-hydrogen) atoms. The molecule has 0 heterocycles. The summed E-state index contributed by atoms with van der Waals surface area (Å²) in [5.41, 5.74) is 1.40. The molecule has 0 unspecified atom stereocenters. The minimum atomic E-state index is -0.173. The van der Waals surface area contributed by atoms with Gasteiger partial charge in [-0.1, -0.05) is 30.3 Å². The number of halogens is 1. The van der Waals surface area contributed by atoms with Crippen LogP contribution >= 0.6 is 23.5 Å². The van der Waals surface area contributed by atoms with E-state index in [0.717, 1.165) is 10.6 Å². The second kappa shape index (κ2) is 8.86. The van der Waals surface area contributed by atoms with Crippen LogP contribution in [0.2, 0.25) is 0 Å². The molecule has 0 aromatic heterocycles. The fourth-order valence-electron chi connectivity index (χ4n) is 1.96. The standard InChI is InChI=1S/C17H18FNOS2/c1-21-16-9-5-3-7-14(16)17(20)19-10-11-22-12-13-6-2-4-8-15(13)18/h2-9H,10-12H2,1H3,(H,19,20). The number of hydrogen-bond acceptors (Lipinski definition) is 3. The first kappa shape index (κ1) is 16.9. The third-order valence-corrected chi connectivity index (χ3v) is 4.90. The van der Waals surface area contributed by atoms with E-state index in [1.807, 2.05) is 36.6 Å². The molecule has 2 rings (SSSR count). The largest absolute Gasteiger partial charge is 0.351 e. The quantitative estimate of drug-likeness (QED) is 0.607. The molecule has 0 saturated heterocycles. The van der Waals surface area contributed by atoms with Crippen LogP contribution in [0.15, 0.2) is 53.4 Å². The van der Waals surface area contributed by atoms with Crippen LogP contribution in [0.1, 0.15) is 15.9 Å². The summed E-state index contributed by atoms with van der Waals surface area (Å²) in [5, 5.41) is 2.91. The van der Waals surface area contributed by atoms with E-state index in [4.69, 9.17) is 0 Å². The van der Waals surface area contributed by atoms with Gasteiger partial charge in [0.2, 0.25) is 0 Å². The SMILES string of the molecule is CSc1ccccc1C(=O)NCCSCc1ccccc1F. The number of hydrogen-bond donors (Lipinski definition) is 1. The van der Waals surface area contributed by atoms with Crippen molar-refractivity contribution >= 4 is 29.4 Å². The molecule has 0 atom stereocenters. The highest BCUT2D eigenvalue weighted by molar-refractivity contribution is 7.98. The van der Waals surface area contributed by atoms with Crippen molar-refractivity contribution in [2.75, 3.05) is 18.6 Å². The van der Waals surface area contributed by atoms with Gasteiger partial charge in [0.25, 0.3) is 5.91 Å². The van der Waals surface area contributed by atoms with Crippen molar-refractivity contribution in [3.8, 4) is 0 Å². The van der Waals surface area contributed by atoms with E-state index in [0.29, 0.717) is 23.4 Å². The summed E-state index contributed by atoms with van der Waals surface area (Å²) in [7, 11) is 0. The molecule has 0 radical (unpaired) electrons. The van der Waals surface area contributed by atoms with Crippen molar-refractivity contribution in [1.82, 2.24) is 5.32 Å².